The maximum Gasteiger partial charge on any atom is 0.573 e. The third kappa shape index (κ3) is 5.02. The van der Waals surface area contributed by atoms with E-state index in [0.29, 0.717) is 6.42 Å². The molecular formula is C14H21F3N2O. The third-order valence-electron chi connectivity index (χ3n) is 3.65. The summed E-state index contributed by atoms with van der Waals surface area (Å²) in [6.07, 6.45) is -3.08. The summed E-state index contributed by atoms with van der Waals surface area (Å²) in [5.74, 6) is 5.36. The van der Waals surface area contributed by atoms with Gasteiger partial charge >= 0.3 is 6.36 Å². The summed E-state index contributed by atoms with van der Waals surface area (Å²) in [7, 11) is 0. The maximum absolute atomic E-state index is 12.1. The minimum absolute atomic E-state index is 0.00408. The van der Waals surface area contributed by atoms with Crippen LogP contribution in [0.5, 0.6) is 5.75 Å². The molecule has 0 fully saturated rings. The molecule has 1 atom stereocenters. The first kappa shape index (κ1) is 16.8. The van der Waals surface area contributed by atoms with Gasteiger partial charge in [0.25, 0.3) is 0 Å². The Balaban J connectivity index is 2.74. The molecule has 3 nitrogen and oxygen atoms in total. The summed E-state index contributed by atoms with van der Waals surface area (Å²) in [6, 6.07) is 5.92. The smallest absolute Gasteiger partial charge is 0.406 e. The van der Waals surface area contributed by atoms with Crippen LogP contribution < -0.4 is 16.0 Å². The van der Waals surface area contributed by atoms with E-state index in [1.807, 2.05) is 0 Å². The lowest BCUT2D eigenvalue weighted by molar-refractivity contribution is -0.274. The van der Waals surface area contributed by atoms with E-state index in [4.69, 9.17) is 5.84 Å². The Labute approximate surface area is 117 Å². The van der Waals surface area contributed by atoms with Gasteiger partial charge in [0.05, 0.1) is 0 Å². The average molecular weight is 290 g/mol. The minimum Gasteiger partial charge on any atom is -0.406 e. The standard InChI is InChI=1S/C14H21F3N2O/c1-4-13(2,3)12(19-18)9-10-5-7-11(8-6-10)20-14(15,16)17/h5-8,12,19H,4,9,18H2,1-3H3. The minimum atomic E-state index is -4.66. The number of halogens is 3. The van der Waals surface area contributed by atoms with Crippen LogP contribution in [0.25, 0.3) is 0 Å². The van der Waals surface area contributed by atoms with Crippen LogP contribution >= 0.6 is 0 Å². The normalized spacial score (nSPS) is 14.2. The van der Waals surface area contributed by atoms with Crippen molar-refractivity contribution >= 4 is 0 Å². The molecule has 0 aliphatic carbocycles. The molecule has 6 heteroatoms. The average Bonchev–Trinajstić information content (AvgIpc) is 2.35. The van der Waals surface area contributed by atoms with Crippen molar-refractivity contribution < 1.29 is 17.9 Å². The number of benzene rings is 1. The Morgan fingerprint density at radius 1 is 1.20 bits per heavy atom. The Morgan fingerprint density at radius 3 is 2.15 bits per heavy atom. The zero-order valence-corrected chi connectivity index (χ0v) is 11.9. The summed E-state index contributed by atoms with van der Waals surface area (Å²) in [6.45, 7) is 6.27. The van der Waals surface area contributed by atoms with Crippen molar-refractivity contribution in [2.75, 3.05) is 0 Å². The molecule has 0 saturated carbocycles. The van der Waals surface area contributed by atoms with Crippen LogP contribution in [0, 0.1) is 5.41 Å². The molecule has 0 heterocycles. The van der Waals surface area contributed by atoms with Gasteiger partial charge in [-0.25, -0.2) is 0 Å². The van der Waals surface area contributed by atoms with Crippen LogP contribution in [0.2, 0.25) is 0 Å². The summed E-state index contributed by atoms with van der Waals surface area (Å²) >= 11 is 0. The number of nitrogens with one attached hydrogen (secondary N) is 1. The lowest BCUT2D eigenvalue weighted by Gasteiger charge is -2.33. The van der Waals surface area contributed by atoms with E-state index in [9.17, 15) is 13.2 Å². The topological polar surface area (TPSA) is 47.3 Å². The van der Waals surface area contributed by atoms with Crippen LogP contribution in [-0.4, -0.2) is 12.4 Å². The quantitative estimate of drug-likeness (QED) is 0.623. The van der Waals surface area contributed by atoms with Gasteiger partial charge in [-0.1, -0.05) is 32.9 Å². The fourth-order valence-electron chi connectivity index (χ4n) is 1.87. The third-order valence-corrected chi connectivity index (χ3v) is 3.65. The van der Waals surface area contributed by atoms with Crippen LogP contribution in [-0.2, 0) is 6.42 Å². The highest BCUT2D eigenvalue weighted by Gasteiger charge is 2.31. The molecule has 0 aromatic heterocycles. The molecule has 1 rings (SSSR count). The first-order valence-electron chi connectivity index (χ1n) is 6.49. The number of ether oxygens (including phenoxy) is 1. The van der Waals surface area contributed by atoms with Crippen LogP contribution in [0.1, 0.15) is 32.8 Å². The van der Waals surface area contributed by atoms with Crippen molar-refractivity contribution in [2.24, 2.45) is 11.3 Å². The van der Waals surface area contributed by atoms with Crippen molar-refractivity contribution in [3.05, 3.63) is 29.8 Å². The van der Waals surface area contributed by atoms with Gasteiger partial charge in [-0.2, -0.15) is 0 Å². The van der Waals surface area contributed by atoms with Crippen LogP contribution in [0.15, 0.2) is 24.3 Å². The van der Waals surface area contributed by atoms with Crippen molar-refractivity contribution in [3.8, 4) is 5.75 Å². The van der Waals surface area contributed by atoms with Gasteiger partial charge in [0.15, 0.2) is 0 Å². The van der Waals surface area contributed by atoms with Gasteiger partial charge in [0.2, 0.25) is 0 Å². The molecule has 0 aliphatic rings. The Morgan fingerprint density at radius 2 is 1.75 bits per heavy atom. The second kappa shape index (κ2) is 6.45. The van der Waals surface area contributed by atoms with Crippen molar-refractivity contribution in [1.82, 2.24) is 5.43 Å². The molecule has 114 valence electrons. The highest BCUT2D eigenvalue weighted by Crippen LogP contribution is 2.28. The molecule has 0 radical (unpaired) electrons. The van der Waals surface area contributed by atoms with E-state index in [1.54, 1.807) is 12.1 Å². The number of hydrogen-bond donors (Lipinski definition) is 2. The highest BCUT2D eigenvalue weighted by molar-refractivity contribution is 5.28. The molecule has 3 N–H and O–H groups in total. The molecule has 0 saturated heterocycles. The number of alkyl halides is 3. The summed E-state index contributed by atoms with van der Waals surface area (Å²) in [5.41, 5.74) is 3.69. The molecule has 1 unspecified atom stereocenters. The number of rotatable bonds is 6. The first-order valence-corrected chi connectivity index (χ1v) is 6.49. The second-order valence-corrected chi connectivity index (χ2v) is 5.46. The lowest BCUT2D eigenvalue weighted by Crippen LogP contribution is -2.46. The predicted octanol–water partition coefficient (Wildman–Crippen LogP) is 3.40. The fraction of sp³-hybridized carbons (Fsp3) is 0.571. The Hall–Kier alpha value is -1.27. The number of hydrazine groups is 1. The summed E-state index contributed by atoms with van der Waals surface area (Å²) in [5, 5.41) is 0. The first-order chi connectivity index (χ1) is 9.18. The second-order valence-electron chi connectivity index (χ2n) is 5.46. The molecule has 0 spiro atoms. The van der Waals surface area contributed by atoms with E-state index in [1.165, 1.54) is 12.1 Å². The van der Waals surface area contributed by atoms with Crippen LogP contribution in [0.3, 0.4) is 0 Å². The molecular weight excluding hydrogens is 269 g/mol. The van der Waals surface area contributed by atoms with E-state index in [-0.39, 0.29) is 17.2 Å². The van der Waals surface area contributed by atoms with Gasteiger partial charge in [0, 0.05) is 6.04 Å². The molecule has 1 aromatic rings. The number of nitrogens with two attached hydrogens (primary N) is 1. The van der Waals surface area contributed by atoms with Gasteiger partial charge in [-0.15, -0.1) is 13.2 Å². The van der Waals surface area contributed by atoms with Crippen molar-refractivity contribution in [3.63, 3.8) is 0 Å². The van der Waals surface area contributed by atoms with E-state index in [0.717, 1.165) is 12.0 Å². The Bertz CT molecular complexity index is 415. The van der Waals surface area contributed by atoms with E-state index in [2.05, 4.69) is 30.9 Å². The molecule has 0 bridgehead atoms. The van der Waals surface area contributed by atoms with Gasteiger partial charge in [-0.05, 0) is 36.0 Å². The largest absolute Gasteiger partial charge is 0.573 e. The highest BCUT2D eigenvalue weighted by atomic mass is 19.4. The van der Waals surface area contributed by atoms with E-state index < -0.39 is 6.36 Å². The van der Waals surface area contributed by atoms with Crippen molar-refractivity contribution in [1.29, 1.82) is 0 Å². The SMILES string of the molecule is CCC(C)(C)C(Cc1ccc(OC(F)(F)F)cc1)NN. The number of hydrogen-bond acceptors (Lipinski definition) is 3. The van der Waals surface area contributed by atoms with Crippen molar-refractivity contribution in [2.45, 2.75) is 46.0 Å². The maximum atomic E-state index is 12.1. The van der Waals surface area contributed by atoms with Crippen LogP contribution in [0.4, 0.5) is 13.2 Å². The predicted molar refractivity (Wildman–Crippen MR) is 72.0 cm³/mol. The van der Waals surface area contributed by atoms with E-state index >= 15 is 0 Å². The molecule has 0 aliphatic heterocycles. The van der Waals surface area contributed by atoms with Gasteiger partial charge < -0.3 is 4.74 Å². The molecule has 0 amide bonds. The Kier molecular flexibility index (Phi) is 5.42. The summed E-state index contributed by atoms with van der Waals surface area (Å²) in [4.78, 5) is 0. The summed E-state index contributed by atoms with van der Waals surface area (Å²) < 4.78 is 40.0. The molecule has 1 aromatic carbocycles. The van der Waals surface area contributed by atoms with Gasteiger partial charge in [-0.3, -0.25) is 11.3 Å². The fourth-order valence-corrected chi connectivity index (χ4v) is 1.87. The monoisotopic (exact) mass is 290 g/mol. The zero-order chi connectivity index (χ0) is 15.4. The van der Waals surface area contributed by atoms with Gasteiger partial charge in [0.1, 0.15) is 5.75 Å². The zero-order valence-electron chi connectivity index (χ0n) is 11.9. The molecule has 20 heavy (non-hydrogen) atoms. The lowest BCUT2D eigenvalue weighted by atomic mass is 9.79.